The highest BCUT2D eigenvalue weighted by atomic mass is 127. The Morgan fingerprint density at radius 2 is 2.04 bits per heavy atom. The number of halogens is 2. The van der Waals surface area contributed by atoms with Gasteiger partial charge in [0.05, 0.1) is 6.54 Å². The van der Waals surface area contributed by atoms with Gasteiger partial charge in [-0.3, -0.25) is 4.79 Å². The van der Waals surface area contributed by atoms with Crippen LogP contribution in [0.2, 0.25) is 0 Å². The van der Waals surface area contributed by atoms with Gasteiger partial charge in [-0.1, -0.05) is 19.1 Å². The lowest BCUT2D eigenvalue weighted by atomic mass is 10.2. The third-order valence-electron chi connectivity index (χ3n) is 3.86. The van der Waals surface area contributed by atoms with Crippen molar-refractivity contribution in [2.75, 3.05) is 19.6 Å². The number of rotatable bonds is 5. The van der Waals surface area contributed by atoms with E-state index in [-0.39, 0.29) is 41.7 Å². The lowest BCUT2D eigenvalue weighted by molar-refractivity contribution is -0.129. The molecular weight excluding hydrogens is 422 g/mol. The number of carbonyl (C=O) groups excluding carboxylic acids is 1. The van der Waals surface area contributed by atoms with Gasteiger partial charge in [0.2, 0.25) is 5.91 Å². The van der Waals surface area contributed by atoms with Gasteiger partial charge in [0, 0.05) is 32.1 Å². The molecule has 0 aromatic heterocycles. The van der Waals surface area contributed by atoms with Crippen molar-refractivity contribution < 1.29 is 9.18 Å². The first kappa shape index (κ1) is 20.7. The summed E-state index contributed by atoms with van der Waals surface area (Å²) in [5.41, 5.74) is 0.956. The molecule has 7 heteroatoms. The third kappa shape index (κ3) is 6.26. The quantitative estimate of drug-likeness (QED) is 0.414. The summed E-state index contributed by atoms with van der Waals surface area (Å²) in [7, 11) is 0. The number of benzene rings is 1. The second-order valence-electron chi connectivity index (χ2n) is 5.64. The molecule has 1 aromatic rings. The maximum atomic E-state index is 12.9. The van der Waals surface area contributed by atoms with E-state index in [1.54, 1.807) is 12.1 Å². The van der Waals surface area contributed by atoms with E-state index in [4.69, 9.17) is 0 Å². The van der Waals surface area contributed by atoms with Gasteiger partial charge >= 0.3 is 0 Å². The lowest BCUT2D eigenvalue weighted by Crippen LogP contribution is -2.45. The second kappa shape index (κ2) is 10.5. The smallest absolute Gasteiger partial charge is 0.222 e. The number of carbonyl (C=O) groups is 1. The van der Waals surface area contributed by atoms with Crippen LogP contribution in [0.5, 0.6) is 0 Å². The third-order valence-corrected chi connectivity index (χ3v) is 3.86. The molecule has 1 aliphatic heterocycles. The van der Waals surface area contributed by atoms with E-state index in [1.165, 1.54) is 12.1 Å². The van der Waals surface area contributed by atoms with Crippen LogP contribution in [-0.4, -0.2) is 42.4 Å². The Balaban J connectivity index is 0.00000288. The molecule has 2 N–H and O–H groups in total. The molecule has 0 aliphatic carbocycles. The highest BCUT2D eigenvalue weighted by Gasteiger charge is 2.25. The van der Waals surface area contributed by atoms with Crippen LogP contribution in [0.1, 0.15) is 32.3 Å². The van der Waals surface area contributed by atoms with Crippen molar-refractivity contribution in [3.63, 3.8) is 0 Å². The zero-order valence-electron chi connectivity index (χ0n) is 14.2. The van der Waals surface area contributed by atoms with Crippen molar-refractivity contribution in [3.05, 3.63) is 35.6 Å². The zero-order chi connectivity index (χ0) is 16.7. The topological polar surface area (TPSA) is 56.7 Å². The number of hydrogen-bond donors (Lipinski definition) is 2. The Morgan fingerprint density at radius 1 is 1.33 bits per heavy atom. The molecule has 0 saturated carbocycles. The molecule has 1 amide bonds. The molecule has 134 valence electrons. The van der Waals surface area contributed by atoms with Crippen molar-refractivity contribution in [3.8, 4) is 0 Å². The number of hydrogen-bond acceptors (Lipinski definition) is 2. The van der Waals surface area contributed by atoms with E-state index in [0.717, 1.165) is 31.0 Å². The van der Waals surface area contributed by atoms with Crippen LogP contribution < -0.4 is 10.6 Å². The fraction of sp³-hybridized carbons (Fsp3) is 0.529. The van der Waals surface area contributed by atoms with Crippen molar-refractivity contribution >= 4 is 35.8 Å². The van der Waals surface area contributed by atoms with Gasteiger partial charge in [-0.05, 0) is 31.0 Å². The molecule has 1 saturated heterocycles. The van der Waals surface area contributed by atoms with Crippen molar-refractivity contribution in [1.29, 1.82) is 0 Å². The lowest BCUT2D eigenvalue weighted by Gasteiger charge is -2.18. The van der Waals surface area contributed by atoms with Gasteiger partial charge in [-0.15, -0.1) is 24.0 Å². The zero-order valence-corrected chi connectivity index (χ0v) is 16.5. The summed E-state index contributed by atoms with van der Waals surface area (Å²) < 4.78 is 12.9. The van der Waals surface area contributed by atoms with Crippen molar-refractivity contribution in [1.82, 2.24) is 15.5 Å². The molecule has 1 aromatic carbocycles. The van der Waals surface area contributed by atoms with E-state index in [9.17, 15) is 9.18 Å². The summed E-state index contributed by atoms with van der Waals surface area (Å²) in [6.07, 6.45) is 1.47. The van der Waals surface area contributed by atoms with Gasteiger partial charge in [0.1, 0.15) is 5.82 Å². The minimum atomic E-state index is -0.241. The summed E-state index contributed by atoms with van der Waals surface area (Å²) >= 11 is 0. The molecule has 1 atom stereocenters. The standard InChI is InChI=1S/C17H25FN4O.HI/c1-3-16(23)22-10-9-15(12-22)21-17(19-4-2)20-11-13-5-7-14(18)8-6-13;/h5-8,15H,3-4,9-12H2,1-2H3,(H2,19,20,21);1H. The fourth-order valence-corrected chi connectivity index (χ4v) is 2.60. The number of guanidine groups is 1. The predicted octanol–water partition coefficient (Wildman–Crippen LogP) is 2.51. The van der Waals surface area contributed by atoms with Crippen LogP contribution in [-0.2, 0) is 11.3 Å². The molecule has 24 heavy (non-hydrogen) atoms. The predicted molar refractivity (Wildman–Crippen MR) is 105 cm³/mol. The minimum Gasteiger partial charge on any atom is -0.357 e. The summed E-state index contributed by atoms with van der Waals surface area (Å²) in [4.78, 5) is 18.2. The Labute approximate surface area is 160 Å². The average Bonchev–Trinajstić information content (AvgIpc) is 3.02. The molecule has 0 radical (unpaired) electrons. The van der Waals surface area contributed by atoms with Gasteiger partial charge in [-0.25, -0.2) is 9.38 Å². The highest BCUT2D eigenvalue weighted by Crippen LogP contribution is 2.10. The first-order valence-corrected chi connectivity index (χ1v) is 8.19. The van der Waals surface area contributed by atoms with Crippen LogP contribution in [0.25, 0.3) is 0 Å². The van der Waals surface area contributed by atoms with Crippen molar-refractivity contribution in [2.45, 2.75) is 39.3 Å². The Kier molecular flexibility index (Phi) is 9.02. The molecular formula is C17H26FIN4O. The first-order chi connectivity index (χ1) is 11.1. The largest absolute Gasteiger partial charge is 0.357 e. The summed E-state index contributed by atoms with van der Waals surface area (Å²) in [5, 5.41) is 6.59. The molecule has 0 bridgehead atoms. The Hall–Kier alpha value is -1.38. The van der Waals surface area contributed by atoms with E-state index < -0.39 is 0 Å². The van der Waals surface area contributed by atoms with Crippen LogP contribution in [0, 0.1) is 5.82 Å². The van der Waals surface area contributed by atoms with E-state index >= 15 is 0 Å². The molecule has 2 rings (SSSR count). The number of aliphatic imine (C=N–C) groups is 1. The normalized spacial score (nSPS) is 17.4. The van der Waals surface area contributed by atoms with Gasteiger partial charge < -0.3 is 15.5 Å². The van der Waals surface area contributed by atoms with E-state index in [1.807, 2.05) is 18.7 Å². The van der Waals surface area contributed by atoms with E-state index in [0.29, 0.717) is 19.5 Å². The van der Waals surface area contributed by atoms with Crippen LogP contribution in [0.4, 0.5) is 4.39 Å². The van der Waals surface area contributed by atoms with Crippen molar-refractivity contribution in [2.24, 2.45) is 4.99 Å². The second-order valence-corrected chi connectivity index (χ2v) is 5.64. The van der Waals surface area contributed by atoms with Crippen LogP contribution >= 0.6 is 24.0 Å². The first-order valence-electron chi connectivity index (χ1n) is 8.19. The monoisotopic (exact) mass is 448 g/mol. The number of nitrogens with one attached hydrogen (secondary N) is 2. The number of amides is 1. The van der Waals surface area contributed by atoms with Gasteiger partial charge in [0.15, 0.2) is 5.96 Å². The maximum Gasteiger partial charge on any atom is 0.222 e. The van der Waals surface area contributed by atoms with Gasteiger partial charge in [-0.2, -0.15) is 0 Å². The average molecular weight is 448 g/mol. The summed E-state index contributed by atoms with van der Waals surface area (Å²) in [5.74, 6) is 0.685. The maximum absolute atomic E-state index is 12.9. The summed E-state index contributed by atoms with van der Waals surface area (Å²) in [6.45, 7) is 6.66. The van der Waals surface area contributed by atoms with Gasteiger partial charge in [0.25, 0.3) is 0 Å². The van der Waals surface area contributed by atoms with Crippen LogP contribution in [0.3, 0.4) is 0 Å². The molecule has 1 fully saturated rings. The Morgan fingerprint density at radius 3 is 2.67 bits per heavy atom. The molecule has 1 heterocycles. The number of nitrogens with zero attached hydrogens (tertiary/aromatic N) is 2. The SMILES string of the molecule is CCNC(=NCc1ccc(F)cc1)NC1CCN(C(=O)CC)C1.I. The molecule has 1 aliphatic rings. The summed E-state index contributed by atoms with van der Waals surface area (Å²) in [6, 6.07) is 6.57. The minimum absolute atomic E-state index is 0. The molecule has 0 spiro atoms. The molecule has 1 unspecified atom stereocenters. The Bertz CT molecular complexity index is 550. The number of likely N-dealkylation sites (tertiary alicyclic amines) is 1. The van der Waals surface area contributed by atoms with Crippen LogP contribution in [0.15, 0.2) is 29.3 Å². The fourth-order valence-electron chi connectivity index (χ4n) is 2.60. The van der Waals surface area contributed by atoms with E-state index in [2.05, 4.69) is 15.6 Å². The molecule has 5 nitrogen and oxygen atoms in total. The highest BCUT2D eigenvalue weighted by molar-refractivity contribution is 14.0.